The number of hydrogen-bond acceptors (Lipinski definition) is 2. The largest absolute Gasteiger partial charge is 0.364 e. The van der Waals surface area contributed by atoms with Gasteiger partial charge in [-0.15, -0.1) is 0 Å². The highest BCUT2D eigenvalue weighted by Crippen LogP contribution is 2.16. The van der Waals surface area contributed by atoms with E-state index in [0.717, 1.165) is 48.9 Å². The van der Waals surface area contributed by atoms with Gasteiger partial charge < -0.3 is 10.3 Å². The fourth-order valence-corrected chi connectivity index (χ4v) is 2.92. The number of amides is 1. The van der Waals surface area contributed by atoms with Crippen molar-refractivity contribution in [2.24, 2.45) is 0 Å². The molecule has 4 heteroatoms. The lowest BCUT2D eigenvalue weighted by Gasteiger charge is -2.09. The first-order chi connectivity index (χ1) is 10.8. The Labute approximate surface area is 129 Å². The molecule has 1 aliphatic rings. The molecule has 1 amide bonds. The van der Waals surface area contributed by atoms with E-state index >= 15 is 0 Å². The molecule has 2 aromatic rings. The topological polar surface area (TPSA) is 62.0 Å². The van der Waals surface area contributed by atoms with E-state index in [1.54, 1.807) is 6.20 Å². The quantitative estimate of drug-likeness (QED) is 0.855. The summed E-state index contributed by atoms with van der Waals surface area (Å²) < 4.78 is 0. The Morgan fingerprint density at radius 3 is 2.68 bits per heavy atom. The minimum atomic E-state index is -0.308. The molecule has 1 aromatic carbocycles. The molecule has 1 aliphatic carbocycles. The van der Waals surface area contributed by atoms with Crippen molar-refractivity contribution in [3.8, 4) is 0 Å². The van der Waals surface area contributed by atoms with Crippen LogP contribution in [0, 0.1) is 0 Å². The van der Waals surface area contributed by atoms with E-state index in [2.05, 4.69) is 10.3 Å². The van der Waals surface area contributed by atoms with Gasteiger partial charge in [-0.3, -0.25) is 9.59 Å². The Balaban J connectivity index is 1.78. The normalized spacial score (nSPS) is 14.0. The van der Waals surface area contributed by atoms with Gasteiger partial charge in [-0.1, -0.05) is 36.8 Å². The molecule has 4 nitrogen and oxygen atoms in total. The lowest BCUT2D eigenvalue weighted by atomic mass is 10.1. The molecule has 0 radical (unpaired) electrons. The molecule has 0 saturated carbocycles. The van der Waals surface area contributed by atoms with Gasteiger partial charge >= 0.3 is 0 Å². The molecule has 2 N–H and O–H groups in total. The van der Waals surface area contributed by atoms with Crippen molar-refractivity contribution in [2.45, 2.75) is 38.6 Å². The molecule has 22 heavy (non-hydrogen) atoms. The average molecular weight is 296 g/mol. The molecule has 0 spiro atoms. The fourth-order valence-electron chi connectivity index (χ4n) is 2.92. The first-order valence-electron chi connectivity index (χ1n) is 7.81. The molecule has 114 valence electrons. The van der Waals surface area contributed by atoms with E-state index in [4.69, 9.17) is 0 Å². The molecule has 1 heterocycles. The van der Waals surface area contributed by atoms with Gasteiger partial charge in [-0.2, -0.15) is 0 Å². The average Bonchev–Trinajstić information content (AvgIpc) is 2.80. The Bertz CT molecular complexity index is 720. The van der Waals surface area contributed by atoms with E-state index < -0.39 is 0 Å². The second kappa shape index (κ2) is 6.60. The van der Waals surface area contributed by atoms with Gasteiger partial charge in [0.25, 0.3) is 5.91 Å². The van der Waals surface area contributed by atoms with E-state index in [-0.39, 0.29) is 16.9 Å². The standard InChI is InChI=1S/C18H20N2O2/c21-17-14-9-5-2-6-10-16(14)19-12-15(17)18(22)20-11-13-7-3-1-4-8-13/h1,3-4,7-8,12H,2,5-6,9-11H2,(H,19,21)(H,20,22). The van der Waals surface area contributed by atoms with Crippen LogP contribution in [0.5, 0.6) is 0 Å². The molecule has 0 bridgehead atoms. The van der Waals surface area contributed by atoms with Crippen molar-refractivity contribution in [1.82, 2.24) is 10.3 Å². The molecular formula is C18H20N2O2. The number of H-pyrrole nitrogens is 1. The number of nitrogens with one attached hydrogen (secondary N) is 2. The molecule has 3 rings (SSSR count). The second-order valence-corrected chi connectivity index (χ2v) is 5.72. The third-order valence-electron chi connectivity index (χ3n) is 4.17. The molecule has 0 aliphatic heterocycles. The minimum absolute atomic E-state index is 0.110. The summed E-state index contributed by atoms with van der Waals surface area (Å²) in [7, 11) is 0. The summed E-state index contributed by atoms with van der Waals surface area (Å²) in [4.78, 5) is 28.0. The first-order valence-corrected chi connectivity index (χ1v) is 7.81. The number of benzene rings is 1. The molecule has 0 atom stereocenters. The van der Waals surface area contributed by atoms with Crippen molar-refractivity contribution in [3.05, 3.63) is 69.1 Å². The summed E-state index contributed by atoms with van der Waals surface area (Å²) >= 11 is 0. The number of pyridine rings is 1. The predicted octanol–water partition coefficient (Wildman–Crippen LogP) is 2.57. The second-order valence-electron chi connectivity index (χ2n) is 5.72. The van der Waals surface area contributed by atoms with Crippen molar-refractivity contribution in [2.75, 3.05) is 0 Å². The van der Waals surface area contributed by atoms with Gasteiger partial charge in [0.15, 0.2) is 5.43 Å². The molecule has 0 fully saturated rings. The monoisotopic (exact) mass is 296 g/mol. The van der Waals surface area contributed by atoms with E-state index in [9.17, 15) is 9.59 Å². The zero-order valence-corrected chi connectivity index (χ0v) is 12.5. The maximum absolute atomic E-state index is 12.5. The van der Waals surface area contributed by atoms with Gasteiger partial charge in [0, 0.05) is 24.0 Å². The van der Waals surface area contributed by atoms with Crippen LogP contribution < -0.4 is 10.7 Å². The van der Waals surface area contributed by atoms with Crippen molar-refractivity contribution in [1.29, 1.82) is 0 Å². The number of hydrogen-bond donors (Lipinski definition) is 2. The van der Waals surface area contributed by atoms with E-state index in [1.165, 1.54) is 0 Å². The SMILES string of the molecule is O=C(NCc1ccccc1)c1c[nH]c2c(c1=O)CCCCC2. The molecule has 1 aromatic heterocycles. The zero-order valence-electron chi connectivity index (χ0n) is 12.5. The highest BCUT2D eigenvalue weighted by molar-refractivity contribution is 5.94. The Morgan fingerprint density at radius 2 is 1.86 bits per heavy atom. The number of aromatic nitrogens is 1. The minimum Gasteiger partial charge on any atom is -0.364 e. The molecular weight excluding hydrogens is 276 g/mol. The smallest absolute Gasteiger partial charge is 0.257 e. The first kappa shape index (κ1) is 14.6. The van der Waals surface area contributed by atoms with E-state index in [0.29, 0.717) is 6.54 Å². The van der Waals surface area contributed by atoms with Crippen LogP contribution in [0.2, 0.25) is 0 Å². The fraction of sp³-hybridized carbons (Fsp3) is 0.333. The number of aryl methyl sites for hydroxylation is 1. The molecule has 0 unspecified atom stereocenters. The van der Waals surface area contributed by atoms with Crippen LogP contribution in [0.3, 0.4) is 0 Å². The number of fused-ring (bicyclic) bond motifs is 1. The van der Waals surface area contributed by atoms with Crippen LogP contribution in [0.1, 0.15) is 46.4 Å². The highest BCUT2D eigenvalue weighted by atomic mass is 16.2. The van der Waals surface area contributed by atoms with Crippen LogP contribution in [0.25, 0.3) is 0 Å². The Hall–Kier alpha value is -2.36. The van der Waals surface area contributed by atoms with Crippen LogP contribution in [0.15, 0.2) is 41.3 Å². The summed E-state index contributed by atoms with van der Waals surface area (Å²) in [5, 5.41) is 2.82. The highest BCUT2D eigenvalue weighted by Gasteiger charge is 2.18. The van der Waals surface area contributed by atoms with Gasteiger partial charge in [0.1, 0.15) is 5.56 Å². The van der Waals surface area contributed by atoms with E-state index in [1.807, 2.05) is 30.3 Å². The van der Waals surface area contributed by atoms with Crippen LogP contribution in [-0.4, -0.2) is 10.9 Å². The predicted molar refractivity (Wildman–Crippen MR) is 85.9 cm³/mol. The number of carbonyl (C=O) groups is 1. The third-order valence-corrected chi connectivity index (χ3v) is 4.17. The van der Waals surface area contributed by atoms with Gasteiger partial charge in [0.2, 0.25) is 0 Å². The summed E-state index contributed by atoms with van der Waals surface area (Å²) in [5.74, 6) is -0.308. The summed E-state index contributed by atoms with van der Waals surface area (Å²) in [5.41, 5.74) is 2.92. The lowest BCUT2D eigenvalue weighted by molar-refractivity contribution is 0.0949. The van der Waals surface area contributed by atoms with Gasteiger partial charge in [-0.05, 0) is 31.2 Å². The van der Waals surface area contributed by atoms with Gasteiger partial charge in [0.05, 0.1) is 0 Å². The van der Waals surface area contributed by atoms with Crippen molar-refractivity contribution >= 4 is 5.91 Å². The number of aromatic amines is 1. The molecule has 0 saturated heterocycles. The zero-order chi connectivity index (χ0) is 15.4. The third kappa shape index (κ3) is 3.11. The summed E-state index contributed by atoms with van der Waals surface area (Å²) in [6.07, 6.45) is 6.49. The lowest BCUT2D eigenvalue weighted by Crippen LogP contribution is -2.30. The number of carbonyl (C=O) groups excluding carboxylic acids is 1. The summed E-state index contributed by atoms with van der Waals surface area (Å²) in [6, 6.07) is 9.68. The maximum atomic E-state index is 12.5. The number of rotatable bonds is 3. The van der Waals surface area contributed by atoms with Gasteiger partial charge in [-0.25, -0.2) is 0 Å². The van der Waals surface area contributed by atoms with Crippen LogP contribution in [0.4, 0.5) is 0 Å². The van der Waals surface area contributed by atoms with Crippen LogP contribution in [-0.2, 0) is 19.4 Å². The van der Waals surface area contributed by atoms with Crippen molar-refractivity contribution in [3.63, 3.8) is 0 Å². The summed E-state index contributed by atoms with van der Waals surface area (Å²) in [6.45, 7) is 0.427. The Kier molecular flexibility index (Phi) is 4.37. The Morgan fingerprint density at radius 1 is 1.09 bits per heavy atom. The van der Waals surface area contributed by atoms with Crippen molar-refractivity contribution < 1.29 is 4.79 Å². The maximum Gasteiger partial charge on any atom is 0.257 e. The van der Waals surface area contributed by atoms with Crippen LogP contribution >= 0.6 is 0 Å².